The predicted molar refractivity (Wildman–Crippen MR) is 134 cm³/mol. The SMILES string of the molecule is CCOP(=O)(OCC)OC(=O)[C@@]12OC(C)(C)O[C@@H]1CC1C3C[C@H](F)C4=CC(=O)C=C[C@]4(C)[C@@]3(F)[C@@H](O)C[C@@]12C. The van der Waals surface area contributed by atoms with Gasteiger partial charge in [-0.2, -0.15) is 0 Å². The van der Waals surface area contributed by atoms with Gasteiger partial charge in [0.1, 0.15) is 12.3 Å². The Labute approximate surface area is 226 Å². The Hall–Kier alpha value is -1.49. The van der Waals surface area contributed by atoms with Crippen LogP contribution in [0.2, 0.25) is 0 Å². The van der Waals surface area contributed by atoms with E-state index in [9.17, 15) is 19.3 Å². The number of hydrogen-bond donors (Lipinski definition) is 1. The molecule has 218 valence electrons. The molecule has 0 amide bonds. The molecule has 4 fully saturated rings. The summed E-state index contributed by atoms with van der Waals surface area (Å²) < 4.78 is 74.6. The normalized spacial score (nSPS) is 46.1. The molecule has 12 heteroatoms. The van der Waals surface area contributed by atoms with Crippen LogP contribution in [0.15, 0.2) is 23.8 Å². The first kappa shape index (κ1) is 29.0. The topological polar surface area (TPSA) is 118 Å². The van der Waals surface area contributed by atoms with Crippen LogP contribution < -0.4 is 0 Å². The number of carbonyl (C=O) groups is 2. The van der Waals surface area contributed by atoms with Crippen molar-refractivity contribution in [1.82, 2.24) is 0 Å². The molecule has 1 saturated heterocycles. The predicted octanol–water partition coefficient (Wildman–Crippen LogP) is 4.53. The second kappa shape index (κ2) is 9.00. The zero-order chi connectivity index (χ0) is 28.8. The van der Waals surface area contributed by atoms with Gasteiger partial charge in [0.05, 0.1) is 19.3 Å². The Kier molecular flexibility index (Phi) is 6.70. The minimum atomic E-state index is -4.34. The Morgan fingerprint density at radius 1 is 1.15 bits per heavy atom. The van der Waals surface area contributed by atoms with Crippen LogP contribution in [0.3, 0.4) is 0 Å². The maximum absolute atomic E-state index is 17.5. The minimum Gasteiger partial charge on any atom is -0.390 e. The van der Waals surface area contributed by atoms with Gasteiger partial charge in [-0.3, -0.25) is 13.8 Å². The first-order valence-electron chi connectivity index (χ1n) is 13.5. The third-order valence-corrected chi connectivity index (χ3v) is 11.2. The molecule has 0 radical (unpaired) electrons. The number of fused-ring (bicyclic) bond motifs is 7. The molecule has 0 aromatic carbocycles. The second-order valence-electron chi connectivity index (χ2n) is 12.1. The number of alkyl halides is 2. The Bertz CT molecular complexity index is 1180. The van der Waals surface area contributed by atoms with Crippen molar-refractivity contribution in [2.45, 2.75) is 96.2 Å². The van der Waals surface area contributed by atoms with E-state index in [0.717, 1.165) is 6.08 Å². The number of halogens is 2. The molecule has 4 aliphatic carbocycles. The van der Waals surface area contributed by atoms with E-state index in [0.29, 0.717) is 0 Å². The fraction of sp³-hybridized carbons (Fsp3) is 0.778. The largest absolute Gasteiger partial charge is 0.532 e. The van der Waals surface area contributed by atoms with Gasteiger partial charge in [-0.15, -0.1) is 0 Å². The number of hydrogen-bond acceptors (Lipinski definition) is 9. The van der Waals surface area contributed by atoms with Crippen molar-refractivity contribution in [1.29, 1.82) is 0 Å². The molecule has 9 nitrogen and oxygen atoms in total. The van der Waals surface area contributed by atoms with Crippen LogP contribution in [0.1, 0.15) is 60.8 Å². The van der Waals surface area contributed by atoms with Crippen LogP contribution in [0.25, 0.3) is 0 Å². The van der Waals surface area contributed by atoms with E-state index in [1.807, 2.05) is 0 Å². The molecule has 2 unspecified atom stereocenters. The van der Waals surface area contributed by atoms with Gasteiger partial charge in [0.15, 0.2) is 17.2 Å². The molecule has 0 aromatic heterocycles. The smallest absolute Gasteiger partial charge is 0.390 e. The molecule has 3 saturated carbocycles. The Morgan fingerprint density at radius 3 is 2.41 bits per heavy atom. The fourth-order valence-corrected chi connectivity index (χ4v) is 9.38. The van der Waals surface area contributed by atoms with E-state index < -0.39 is 77.7 Å². The number of ketones is 1. The summed E-state index contributed by atoms with van der Waals surface area (Å²) in [4.78, 5) is 26.1. The standard InChI is InChI=1S/C27H37F2O9P/c1-7-34-39(33,35-8-2)37-22(32)27-21(36-23(3,4)38-27)13-16-17-12-19(28)18-11-15(30)9-10-24(18,5)26(17,29)20(31)14-25(16,27)6/h9-11,16-17,19-21,31H,7-8,12-14H2,1-6H3/t16?,17?,19-,20-,21+,24-,25-,26-,27-/m0/s1. The molecule has 39 heavy (non-hydrogen) atoms. The van der Waals surface area contributed by atoms with E-state index in [4.69, 9.17) is 23.0 Å². The lowest BCUT2D eigenvalue weighted by atomic mass is 9.44. The maximum Gasteiger partial charge on any atom is 0.532 e. The summed E-state index contributed by atoms with van der Waals surface area (Å²) in [5.74, 6) is -4.51. The highest BCUT2D eigenvalue weighted by Crippen LogP contribution is 2.73. The summed E-state index contributed by atoms with van der Waals surface area (Å²) in [6, 6.07) is 0. The summed E-state index contributed by atoms with van der Waals surface area (Å²) in [5.41, 5.74) is -7.12. The van der Waals surface area contributed by atoms with Crippen LogP contribution in [-0.2, 0) is 37.2 Å². The van der Waals surface area contributed by atoms with Gasteiger partial charge >= 0.3 is 13.8 Å². The summed E-state index contributed by atoms with van der Waals surface area (Å²) in [6.45, 7) is 9.43. The highest BCUT2D eigenvalue weighted by atomic mass is 31.2. The fourth-order valence-electron chi connectivity index (χ4n) is 8.23. The van der Waals surface area contributed by atoms with E-state index in [1.54, 1.807) is 34.6 Å². The number of allylic oxidation sites excluding steroid dienone is 4. The van der Waals surface area contributed by atoms with E-state index in [-0.39, 0.29) is 38.0 Å². The first-order valence-corrected chi connectivity index (χ1v) is 15.0. The van der Waals surface area contributed by atoms with Crippen molar-refractivity contribution in [2.24, 2.45) is 22.7 Å². The van der Waals surface area contributed by atoms with Gasteiger partial charge in [-0.25, -0.2) is 18.1 Å². The van der Waals surface area contributed by atoms with Crippen molar-refractivity contribution < 1.29 is 51.1 Å². The molecule has 1 heterocycles. The lowest BCUT2D eigenvalue weighted by Crippen LogP contribution is -2.71. The molecule has 0 bridgehead atoms. The summed E-state index contributed by atoms with van der Waals surface area (Å²) >= 11 is 0. The van der Waals surface area contributed by atoms with E-state index in [2.05, 4.69) is 0 Å². The van der Waals surface area contributed by atoms with Gasteiger partial charge in [-0.05, 0) is 77.5 Å². The average molecular weight is 575 g/mol. The summed E-state index contributed by atoms with van der Waals surface area (Å²) in [5, 5.41) is 11.6. The summed E-state index contributed by atoms with van der Waals surface area (Å²) in [7, 11) is -4.34. The molecule has 0 spiro atoms. The molecule has 9 atom stereocenters. The Morgan fingerprint density at radius 2 is 1.79 bits per heavy atom. The van der Waals surface area contributed by atoms with Crippen LogP contribution in [0.4, 0.5) is 8.78 Å². The number of ether oxygens (including phenoxy) is 2. The van der Waals surface area contributed by atoms with Crippen LogP contribution in [0.5, 0.6) is 0 Å². The number of rotatable bonds is 6. The molecular formula is C27H37F2O9P. The molecular weight excluding hydrogens is 537 g/mol. The van der Waals surface area contributed by atoms with Crippen molar-refractivity contribution in [3.05, 3.63) is 23.8 Å². The second-order valence-corrected chi connectivity index (χ2v) is 13.7. The Balaban J connectivity index is 1.61. The quantitative estimate of drug-likeness (QED) is 0.457. The maximum atomic E-state index is 17.5. The highest BCUT2D eigenvalue weighted by Gasteiger charge is 2.81. The first-order chi connectivity index (χ1) is 18.0. The minimum absolute atomic E-state index is 0.00622. The van der Waals surface area contributed by atoms with Gasteiger partial charge in [-0.1, -0.05) is 13.0 Å². The zero-order valence-electron chi connectivity index (χ0n) is 23.1. The van der Waals surface area contributed by atoms with Crippen LogP contribution in [0, 0.1) is 22.7 Å². The van der Waals surface area contributed by atoms with Gasteiger partial charge < -0.3 is 19.1 Å². The summed E-state index contributed by atoms with van der Waals surface area (Å²) in [6.07, 6.45) is -1.03. The molecule has 5 rings (SSSR count). The highest BCUT2D eigenvalue weighted by molar-refractivity contribution is 7.49. The lowest BCUT2D eigenvalue weighted by molar-refractivity contribution is -0.253. The molecule has 5 aliphatic rings. The van der Waals surface area contributed by atoms with Gasteiger partial charge in [0.2, 0.25) is 5.60 Å². The van der Waals surface area contributed by atoms with Crippen LogP contribution in [-0.4, -0.2) is 65.5 Å². The number of phosphoric ester groups is 1. The lowest BCUT2D eigenvalue weighted by Gasteiger charge is -2.63. The molecule has 1 aliphatic heterocycles. The van der Waals surface area contributed by atoms with Crippen molar-refractivity contribution >= 4 is 19.6 Å². The van der Waals surface area contributed by atoms with E-state index >= 15 is 8.78 Å². The zero-order valence-corrected chi connectivity index (χ0v) is 24.0. The van der Waals surface area contributed by atoms with E-state index in [1.165, 1.54) is 19.1 Å². The average Bonchev–Trinajstić information content (AvgIpc) is 3.23. The van der Waals surface area contributed by atoms with Crippen molar-refractivity contribution in [3.63, 3.8) is 0 Å². The van der Waals surface area contributed by atoms with Gasteiger partial charge in [0, 0.05) is 16.7 Å². The number of carbonyl (C=O) groups excluding carboxylic acids is 2. The van der Waals surface area contributed by atoms with Crippen molar-refractivity contribution in [3.8, 4) is 0 Å². The third kappa shape index (κ3) is 3.76. The third-order valence-electron chi connectivity index (χ3n) is 9.69. The number of aliphatic hydroxyl groups is 1. The van der Waals surface area contributed by atoms with Gasteiger partial charge in [0.25, 0.3) is 0 Å². The molecule has 1 N–H and O–H groups in total. The molecule has 0 aromatic rings. The number of phosphoric acid groups is 1. The monoisotopic (exact) mass is 574 g/mol. The van der Waals surface area contributed by atoms with Crippen molar-refractivity contribution in [2.75, 3.05) is 13.2 Å². The van der Waals surface area contributed by atoms with Crippen LogP contribution >= 0.6 is 7.82 Å². The number of aliphatic hydroxyl groups excluding tert-OH is 1.